The highest BCUT2D eigenvalue weighted by Gasteiger charge is 2.41. The van der Waals surface area contributed by atoms with E-state index < -0.39 is 6.04 Å². The SMILES string of the molecule is CC1OCCC1NC1CC(=O)N(c2ccccc2)C1=O. The van der Waals surface area contributed by atoms with Gasteiger partial charge in [0.2, 0.25) is 5.91 Å². The van der Waals surface area contributed by atoms with Crippen LogP contribution >= 0.6 is 0 Å². The van der Waals surface area contributed by atoms with E-state index in [1.165, 1.54) is 4.90 Å². The Morgan fingerprint density at radius 3 is 2.65 bits per heavy atom. The zero-order valence-electron chi connectivity index (χ0n) is 11.4. The molecule has 106 valence electrons. The minimum atomic E-state index is -0.433. The van der Waals surface area contributed by atoms with Crippen LogP contribution in [0.15, 0.2) is 30.3 Å². The maximum absolute atomic E-state index is 12.4. The molecule has 0 aliphatic carbocycles. The van der Waals surface area contributed by atoms with Crippen molar-refractivity contribution in [3.8, 4) is 0 Å². The summed E-state index contributed by atoms with van der Waals surface area (Å²) in [6, 6.07) is 8.78. The molecule has 0 saturated carbocycles. The lowest BCUT2D eigenvalue weighted by Crippen LogP contribution is -2.46. The maximum atomic E-state index is 12.4. The van der Waals surface area contributed by atoms with Gasteiger partial charge in [-0.25, -0.2) is 4.90 Å². The van der Waals surface area contributed by atoms with Gasteiger partial charge in [-0.05, 0) is 25.5 Å². The molecule has 0 bridgehead atoms. The number of hydrogen-bond donors (Lipinski definition) is 1. The first kappa shape index (κ1) is 13.3. The standard InChI is InChI=1S/C15H18N2O3/c1-10-12(7-8-20-10)16-13-9-14(18)17(15(13)19)11-5-3-2-4-6-11/h2-6,10,12-13,16H,7-9H2,1H3. The topological polar surface area (TPSA) is 58.6 Å². The Bertz CT molecular complexity index is 517. The lowest BCUT2D eigenvalue weighted by Gasteiger charge is -2.20. The predicted molar refractivity (Wildman–Crippen MR) is 74.3 cm³/mol. The fourth-order valence-electron chi connectivity index (χ4n) is 2.82. The van der Waals surface area contributed by atoms with Crippen LogP contribution in [0.25, 0.3) is 0 Å². The normalized spacial score (nSPS) is 30.2. The van der Waals surface area contributed by atoms with E-state index in [9.17, 15) is 9.59 Å². The summed E-state index contributed by atoms with van der Waals surface area (Å²) >= 11 is 0. The first-order valence-corrected chi connectivity index (χ1v) is 6.96. The van der Waals surface area contributed by atoms with Crippen molar-refractivity contribution >= 4 is 17.5 Å². The minimum Gasteiger partial charge on any atom is -0.377 e. The number of benzene rings is 1. The first-order valence-electron chi connectivity index (χ1n) is 6.96. The minimum absolute atomic E-state index is 0.0867. The van der Waals surface area contributed by atoms with Crippen LogP contribution in [0.2, 0.25) is 0 Å². The van der Waals surface area contributed by atoms with Gasteiger partial charge in [0.05, 0.1) is 24.3 Å². The molecule has 1 aromatic rings. The van der Waals surface area contributed by atoms with Gasteiger partial charge in [-0.2, -0.15) is 0 Å². The van der Waals surface area contributed by atoms with Gasteiger partial charge in [-0.15, -0.1) is 0 Å². The van der Waals surface area contributed by atoms with Crippen molar-refractivity contribution < 1.29 is 14.3 Å². The quantitative estimate of drug-likeness (QED) is 0.838. The van der Waals surface area contributed by atoms with Crippen molar-refractivity contribution in [1.82, 2.24) is 5.32 Å². The molecule has 2 amide bonds. The van der Waals surface area contributed by atoms with Gasteiger partial charge in [0.1, 0.15) is 0 Å². The molecule has 0 aromatic heterocycles. The van der Waals surface area contributed by atoms with E-state index in [4.69, 9.17) is 4.74 Å². The lowest BCUT2D eigenvalue weighted by atomic mass is 10.1. The van der Waals surface area contributed by atoms with Crippen LogP contribution in [-0.2, 0) is 14.3 Å². The molecule has 20 heavy (non-hydrogen) atoms. The molecule has 2 heterocycles. The number of para-hydroxylation sites is 1. The number of nitrogens with zero attached hydrogens (tertiary/aromatic N) is 1. The summed E-state index contributed by atoms with van der Waals surface area (Å²) in [6.07, 6.45) is 1.19. The van der Waals surface area contributed by atoms with Crippen LogP contribution in [0.4, 0.5) is 5.69 Å². The van der Waals surface area contributed by atoms with Gasteiger partial charge in [0.15, 0.2) is 0 Å². The average molecular weight is 274 g/mol. The van der Waals surface area contributed by atoms with Gasteiger partial charge >= 0.3 is 0 Å². The molecule has 0 spiro atoms. The van der Waals surface area contributed by atoms with E-state index in [-0.39, 0.29) is 30.4 Å². The smallest absolute Gasteiger partial charge is 0.251 e. The Hall–Kier alpha value is -1.72. The molecule has 2 saturated heterocycles. The zero-order valence-corrected chi connectivity index (χ0v) is 11.4. The Morgan fingerprint density at radius 2 is 2.00 bits per heavy atom. The summed E-state index contributed by atoms with van der Waals surface area (Å²) in [5.74, 6) is -0.314. The monoisotopic (exact) mass is 274 g/mol. The maximum Gasteiger partial charge on any atom is 0.251 e. The van der Waals surface area contributed by atoms with Crippen LogP contribution < -0.4 is 10.2 Å². The highest BCUT2D eigenvalue weighted by molar-refractivity contribution is 6.22. The molecule has 2 aliphatic rings. The second-order valence-corrected chi connectivity index (χ2v) is 5.30. The Labute approximate surface area is 117 Å². The predicted octanol–water partition coefficient (Wildman–Crippen LogP) is 1.09. The first-order chi connectivity index (χ1) is 9.66. The largest absolute Gasteiger partial charge is 0.377 e. The molecule has 1 aromatic carbocycles. The van der Waals surface area contributed by atoms with Gasteiger partial charge in [0, 0.05) is 12.6 Å². The van der Waals surface area contributed by atoms with E-state index in [1.54, 1.807) is 12.1 Å². The van der Waals surface area contributed by atoms with Crippen molar-refractivity contribution in [3.05, 3.63) is 30.3 Å². The number of nitrogens with one attached hydrogen (secondary N) is 1. The van der Waals surface area contributed by atoms with Crippen molar-refractivity contribution in [2.75, 3.05) is 11.5 Å². The van der Waals surface area contributed by atoms with Crippen LogP contribution in [0.1, 0.15) is 19.8 Å². The highest BCUT2D eigenvalue weighted by atomic mass is 16.5. The summed E-state index contributed by atoms with van der Waals surface area (Å²) in [6.45, 7) is 2.69. The molecule has 3 rings (SSSR count). The van der Waals surface area contributed by atoms with Gasteiger partial charge < -0.3 is 4.74 Å². The van der Waals surface area contributed by atoms with Crippen LogP contribution in [0, 0.1) is 0 Å². The number of rotatable bonds is 3. The Balaban J connectivity index is 1.74. The lowest BCUT2D eigenvalue weighted by molar-refractivity contribution is -0.121. The molecule has 2 fully saturated rings. The molecular weight excluding hydrogens is 256 g/mol. The van der Waals surface area contributed by atoms with Crippen LogP contribution in [0.5, 0.6) is 0 Å². The summed E-state index contributed by atoms with van der Waals surface area (Å²) in [5.41, 5.74) is 0.641. The second-order valence-electron chi connectivity index (χ2n) is 5.30. The zero-order chi connectivity index (χ0) is 14.1. The molecule has 0 radical (unpaired) electrons. The van der Waals surface area contributed by atoms with Crippen LogP contribution in [-0.4, -0.2) is 36.6 Å². The number of ether oxygens (including phenoxy) is 1. The number of amides is 2. The van der Waals surface area contributed by atoms with Crippen molar-refractivity contribution in [2.45, 2.75) is 38.0 Å². The molecule has 3 unspecified atom stereocenters. The molecule has 5 nitrogen and oxygen atoms in total. The summed E-state index contributed by atoms with van der Waals surface area (Å²) in [7, 11) is 0. The second kappa shape index (κ2) is 5.34. The van der Waals surface area contributed by atoms with Gasteiger partial charge in [-0.1, -0.05) is 18.2 Å². The summed E-state index contributed by atoms with van der Waals surface area (Å²) in [5, 5.41) is 3.27. The van der Waals surface area contributed by atoms with E-state index in [1.807, 2.05) is 25.1 Å². The number of anilines is 1. The Morgan fingerprint density at radius 1 is 1.25 bits per heavy atom. The van der Waals surface area contributed by atoms with Crippen LogP contribution in [0.3, 0.4) is 0 Å². The third kappa shape index (κ3) is 2.34. The van der Waals surface area contributed by atoms with Gasteiger partial charge in [-0.3, -0.25) is 14.9 Å². The van der Waals surface area contributed by atoms with Crippen molar-refractivity contribution in [2.24, 2.45) is 0 Å². The third-order valence-corrected chi connectivity index (χ3v) is 3.95. The Kier molecular flexibility index (Phi) is 3.54. The van der Waals surface area contributed by atoms with E-state index in [0.29, 0.717) is 12.3 Å². The van der Waals surface area contributed by atoms with E-state index >= 15 is 0 Å². The summed E-state index contributed by atoms with van der Waals surface area (Å²) in [4.78, 5) is 25.8. The van der Waals surface area contributed by atoms with Crippen molar-refractivity contribution in [3.63, 3.8) is 0 Å². The summed E-state index contributed by atoms with van der Waals surface area (Å²) < 4.78 is 5.48. The number of carbonyl (C=O) groups is 2. The third-order valence-electron chi connectivity index (χ3n) is 3.95. The van der Waals surface area contributed by atoms with E-state index in [2.05, 4.69) is 5.32 Å². The van der Waals surface area contributed by atoms with Gasteiger partial charge in [0.25, 0.3) is 5.91 Å². The number of hydrogen-bond acceptors (Lipinski definition) is 4. The number of imide groups is 1. The molecule has 3 atom stereocenters. The highest BCUT2D eigenvalue weighted by Crippen LogP contribution is 2.24. The fraction of sp³-hybridized carbons (Fsp3) is 0.467. The molecular formula is C15H18N2O3. The average Bonchev–Trinajstić information content (AvgIpc) is 2.96. The molecule has 1 N–H and O–H groups in total. The molecule has 2 aliphatic heterocycles. The fourth-order valence-corrected chi connectivity index (χ4v) is 2.82. The van der Waals surface area contributed by atoms with E-state index in [0.717, 1.165) is 6.42 Å². The number of carbonyl (C=O) groups excluding carboxylic acids is 2. The molecule has 5 heteroatoms. The van der Waals surface area contributed by atoms with Crippen molar-refractivity contribution in [1.29, 1.82) is 0 Å².